The van der Waals surface area contributed by atoms with Gasteiger partial charge in [0.2, 0.25) is 5.91 Å². The molecule has 0 fully saturated rings. The van der Waals surface area contributed by atoms with E-state index < -0.39 is 6.17 Å². The van der Waals surface area contributed by atoms with E-state index in [2.05, 4.69) is 0 Å². The summed E-state index contributed by atoms with van der Waals surface area (Å²) in [6.45, 7) is 3.81. The fourth-order valence-corrected chi connectivity index (χ4v) is 0.695. The van der Waals surface area contributed by atoms with E-state index in [1.165, 1.54) is 11.8 Å². The second-order valence-electron chi connectivity index (χ2n) is 2.73. The molecule has 0 aliphatic rings. The molecular formula is C8H16FNO. The first-order valence-electron chi connectivity index (χ1n) is 3.93. The predicted molar refractivity (Wildman–Crippen MR) is 43.1 cm³/mol. The Balaban J connectivity index is 3.45. The average Bonchev–Trinajstić information content (AvgIpc) is 1.99. The lowest BCUT2D eigenvalue weighted by Gasteiger charge is -2.15. The molecule has 0 heterocycles. The Morgan fingerprint density at radius 3 is 2.55 bits per heavy atom. The van der Waals surface area contributed by atoms with Gasteiger partial charge >= 0.3 is 0 Å². The second kappa shape index (κ2) is 5.10. The zero-order chi connectivity index (χ0) is 8.85. The lowest BCUT2D eigenvalue weighted by molar-refractivity contribution is -0.127. The van der Waals surface area contributed by atoms with Crippen LogP contribution >= 0.6 is 0 Å². The number of alkyl halides is 1. The topological polar surface area (TPSA) is 20.3 Å². The third kappa shape index (κ3) is 4.76. The van der Waals surface area contributed by atoms with Gasteiger partial charge in [-0.15, -0.1) is 0 Å². The van der Waals surface area contributed by atoms with E-state index in [1.54, 1.807) is 14.0 Å². The largest absolute Gasteiger partial charge is 0.346 e. The fraction of sp³-hybridized carbons (Fsp3) is 0.875. The molecule has 2 nitrogen and oxygen atoms in total. The summed E-state index contributed by atoms with van der Waals surface area (Å²) < 4.78 is 12.6. The van der Waals surface area contributed by atoms with E-state index in [9.17, 15) is 9.18 Å². The second-order valence-corrected chi connectivity index (χ2v) is 2.73. The van der Waals surface area contributed by atoms with Gasteiger partial charge in [0.25, 0.3) is 0 Å². The fourth-order valence-electron chi connectivity index (χ4n) is 0.695. The smallest absolute Gasteiger partial charge is 0.219 e. The van der Waals surface area contributed by atoms with Crippen molar-refractivity contribution in [2.75, 3.05) is 13.6 Å². The normalized spacial score (nSPS) is 12.7. The Hall–Kier alpha value is -0.600. The van der Waals surface area contributed by atoms with Crippen LogP contribution in [0.15, 0.2) is 0 Å². The molecule has 0 N–H and O–H groups in total. The Bertz CT molecular complexity index is 127. The first kappa shape index (κ1) is 10.4. The Morgan fingerprint density at radius 2 is 2.18 bits per heavy atom. The molecule has 0 aromatic carbocycles. The van der Waals surface area contributed by atoms with E-state index in [-0.39, 0.29) is 5.91 Å². The summed E-state index contributed by atoms with van der Waals surface area (Å²) in [5.41, 5.74) is 0. The van der Waals surface area contributed by atoms with E-state index >= 15 is 0 Å². The lowest BCUT2D eigenvalue weighted by Crippen LogP contribution is -2.26. The van der Waals surface area contributed by atoms with Crippen LogP contribution in [0.4, 0.5) is 4.39 Å². The zero-order valence-electron chi connectivity index (χ0n) is 7.43. The molecule has 3 heteroatoms. The number of halogens is 1. The summed E-state index contributed by atoms with van der Waals surface area (Å²) in [4.78, 5) is 12.2. The number of amides is 1. The molecule has 1 amide bonds. The Morgan fingerprint density at radius 1 is 1.64 bits per heavy atom. The highest BCUT2D eigenvalue weighted by molar-refractivity contribution is 5.72. The Kier molecular flexibility index (Phi) is 4.83. The van der Waals surface area contributed by atoms with Crippen molar-refractivity contribution in [3.05, 3.63) is 0 Å². The van der Waals surface area contributed by atoms with Gasteiger partial charge in [-0.25, -0.2) is 4.39 Å². The minimum absolute atomic E-state index is 0.00620. The molecule has 0 spiro atoms. The number of hydrogen-bond acceptors (Lipinski definition) is 1. The van der Waals surface area contributed by atoms with Crippen molar-refractivity contribution < 1.29 is 9.18 Å². The number of rotatable bonds is 4. The van der Waals surface area contributed by atoms with Crippen LogP contribution < -0.4 is 0 Å². The van der Waals surface area contributed by atoms with Crippen molar-refractivity contribution in [1.82, 2.24) is 4.90 Å². The summed E-state index contributed by atoms with van der Waals surface area (Å²) in [5, 5.41) is 0. The van der Waals surface area contributed by atoms with Crippen molar-refractivity contribution in [3.63, 3.8) is 0 Å². The molecule has 1 atom stereocenters. The quantitative estimate of drug-likeness (QED) is 0.613. The van der Waals surface area contributed by atoms with E-state index in [1.807, 2.05) is 0 Å². The van der Waals surface area contributed by atoms with Crippen molar-refractivity contribution in [2.45, 2.75) is 32.9 Å². The Labute approximate surface area is 67.4 Å². The maximum Gasteiger partial charge on any atom is 0.219 e. The van der Waals surface area contributed by atoms with E-state index in [0.29, 0.717) is 19.4 Å². The molecule has 0 aliphatic heterocycles. The molecule has 0 aromatic heterocycles. The highest BCUT2D eigenvalue weighted by atomic mass is 19.1. The molecule has 0 aliphatic carbocycles. The zero-order valence-corrected chi connectivity index (χ0v) is 7.43. The SMILES string of the molecule is CCC(F)CCN(C)C(C)=O. The van der Waals surface area contributed by atoms with Crippen LogP contribution in [0.5, 0.6) is 0 Å². The van der Waals surface area contributed by atoms with Gasteiger partial charge in [-0.2, -0.15) is 0 Å². The van der Waals surface area contributed by atoms with Crippen molar-refractivity contribution in [2.24, 2.45) is 0 Å². The third-order valence-corrected chi connectivity index (χ3v) is 1.76. The third-order valence-electron chi connectivity index (χ3n) is 1.76. The van der Waals surface area contributed by atoms with Crippen LogP contribution in [0.1, 0.15) is 26.7 Å². The van der Waals surface area contributed by atoms with Gasteiger partial charge in [0.1, 0.15) is 6.17 Å². The van der Waals surface area contributed by atoms with Crippen LogP contribution in [-0.4, -0.2) is 30.6 Å². The van der Waals surface area contributed by atoms with Crippen molar-refractivity contribution >= 4 is 5.91 Å². The summed E-state index contributed by atoms with van der Waals surface area (Å²) in [6.07, 6.45) is 0.218. The van der Waals surface area contributed by atoms with E-state index in [4.69, 9.17) is 0 Å². The maximum absolute atomic E-state index is 12.6. The van der Waals surface area contributed by atoms with Gasteiger partial charge < -0.3 is 4.90 Å². The summed E-state index contributed by atoms with van der Waals surface area (Å²) in [6, 6.07) is 0. The van der Waals surface area contributed by atoms with Gasteiger partial charge in [-0.1, -0.05) is 6.92 Å². The number of carbonyl (C=O) groups is 1. The van der Waals surface area contributed by atoms with Crippen LogP contribution in [0.3, 0.4) is 0 Å². The lowest BCUT2D eigenvalue weighted by atomic mass is 10.2. The highest BCUT2D eigenvalue weighted by Crippen LogP contribution is 2.03. The van der Waals surface area contributed by atoms with Crippen LogP contribution in [0, 0.1) is 0 Å². The minimum Gasteiger partial charge on any atom is -0.346 e. The number of carbonyl (C=O) groups excluding carboxylic acids is 1. The van der Waals surface area contributed by atoms with Gasteiger partial charge in [-0.05, 0) is 12.8 Å². The minimum atomic E-state index is -0.767. The molecule has 0 aromatic rings. The standard InChI is InChI=1S/C8H16FNO/c1-4-8(9)5-6-10(3)7(2)11/h8H,4-6H2,1-3H3. The predicted octanol–water partition coefficient (Wildman–Crippen LogP) is 1.60. The molecule has 0 saturated heterocycles. The molecule has 66 valence electrons. The highest BCUT2D eigenvalue weighted by Gasteiger charge is 2.06. The molecule has 0 saturated carbocycles. The van der Waals surface area contributed by atoms with Crippen LogP contribution in [-0.2, 0) is 4.79 Å². The summed E-state index contributed by atoms with van der Waals surface area (Å²) in [5.74, 6) is -0.00620. The van der Waals surface area contributed by atoms with Gasteiger partial charge in [0, 0.05) is 20.5 Å². The van der Waals surface area contributed by atoms with Crippen LogP contribution in [0.2, 0.25) is 0 Å². The molecular weight excluding hydrogens is 145 g/mol. The van der Waals surface area contributed by atoms with Crippen molar-refractivity contribution in [3.8, 4) is 0 Å². The average molecular weight is 161 g/mol. The number of nitrogens with zero attached hydrogens (tertiary/aromatic N) is 1. The number of hydrogen-bond donors (Lipinski definition) is 0. The molecule has 0 rings (SSSR count). The molecule has 0 radical (unpaired) electrons. The monoisotopic (exact) mass is 161 g/mol. The van der Waals surface area contributed by atoms with Gasteiger partial charge in [-0.3, -0.25) is 4.79 Å². The maximum atomic E-state index is 12.6. The summed E-state index contributed by atoms with van der Waals surface area (Å²) in [7, 11) is 1.69. The van der Waals surface area contributed by atoms with Crippen molar-refractivity contribution in [1.29, 1.82) is 0 Å². The first-order chi connectivity index (χ1) is 5.07. The first-order valence-corrected chi connectivity index (χ1v) is 3.93. The molecule has 0 bridgehead atoms. The van der Waals surface area contributed by atoms with Crippen LogP contribution in [0.25, 0.3) is 0 Å². The van der Waals surface area contributed by atoms with Gasteiger partial charge in [0.05, 0.1) is 0 Å². The molecule has 11 heavy (non-hydrogen) atoms. The summed E-state index contributed by atoms with van der Waals surface area (Å²) >= 11 is 0. The van der Waals surface area contributed by atoms with E-state index in [0.717, 1.165) is 0 Å². The molecule has 1 unspecified atom stereocenters. The van der Waals surface area contributed by atoms with Gasteiger partial charge in [0.15, 0.2) is 0 Å².